The first-order valence-corrected chi connectivity index (χ1v) is 12.0. The lowest BCUT2D eigenvalue weighted by Crippen LogP contribution is -2.70. The summed E-state index contributed by atoms with van der Waals surface area (Å²) in [5.74, 6) is 0.248. The van der Waals surface area contributed by atoms with Gasteiger partial charge in [-0.3, -0.25) is 0 Å². The van der Waals surface area contributed by atoms with Crippen molar-refractivity contribution in [3.63, 3.8) is 0 Å². The van der Waals surface area contributed by atoms with E-state index in [0.717, 1.165) is 19.3 Å². The van der Waals surface area contributed by atoms with Crippen molar-refractivity contribution in [2.45, 2.75) is 64.0 Å². The van der Waals surface area contributed by atoms with E-state index in [4.69, 9.17) is 4.43 Å². The Kier molecular flexibility index (Phi) is 5.60. The van der Waals surface area contributed by atoms with Gasteiger partial charge in [-0.15, -0.1) is 0 Å². The third-order valence-electron chi connectivity index (χ3n) is 6.17. The predicted molar refractivity (Wildman–Crippen MR) is 115 cm³/mol. The van der Waals surface area contributed by atoms with Gasteiger partial charge < -0.3 is 4.43 Å². The van der Waals surface area contributed by atoms with Crippen molar-refractivity contribution in [1.82, 2.24) is 0 Å². The second-order valence-electron chi connectivity index (χ2n) is 8.91. The van der Waals surface area contributed by atoms with Crippen molar-refractivity contribution >= 4 is 18.7 Å². The van der Waals surface area contributed by atoms with Crippen LogP contribution >= 0.6 is 0 Å². The predicted octanol–water partition coefficient (Wildman–Crippen LogP) is 5.04. The summed E-state index contributed by atoms with van der Waals surface area (Å²) in [7, 11) is -2.69. The fourth-order valence-corrected chi connectivity index (χ4v) is 9.41. The summed E-state index contributed by atoms with van der Waals surface area (Å²) >= 11 is 0. The zero-order valence-corrected chi connectivity index (χ0v) is 18.0. The van der Waals surface area contributed by atoms with Gasteiger partial charge in [0.2, 0.25) is 0 Å². The molecule has 1 aliphatic carbocycles. The van der Waals surface area contributed by atoms with Gasteiger partial charge in [0.05, 0.1) is 6.07 Å². The quantitative estimate of drug-likeness (QED) is 0.700. The second kappa shape index (κ2) is 7.62. The molecule has 1 aliphatic rings. The monoisotopic (exact) mass is 377 g/mol. The highest BCUT2D eigenvalue weighted by atomic mass is 28.4. The molecule has 0 heterocycles. The van der Waals surface area contributed by atoms with E-state index in [9.17, 15) is 5.26 Å². The van der Waals surface area contributed by atoms with E-state index in [1.807, 2.05) is 0 Å². The molecule has 3 heteroatoms. The van der Waals surface area contributed by atoms with Crippen LogP contribution in [0.5, 0.6) is 0 Å². The lowest BCUT2D eigenvalue weighted by atomic mass is 9.77. The molecule has 0 saturated heterocycles. The van der Waals surface area contributed by atoms with Crippen LogP contribution in [0.15, 0.2) is 60.7 Å². The van der Waals surface area contributed by atoms with Crippen LogP contribution in [0.2, 0.25) is 5.04 Å². The van der Waals surface area contributed by atoms with E-state index in [1.165, 1.54) is 16.8 Å². The van der Waals surface area contributed by atoms with E-state index in [-0.39, 0.29) is 11.0 Å². The van der Waals surface area contributed by atoms with Crippen molar-refractivity contribution in [2.75, 3.05) is 0 Å². The van der Waals surface area contributed by atoms with E-state index >= 15 is 0 Å². The second-order valence-corrected chi connectivity index (χ2v) is 13.1. The van der Waals surface area contributed by atoms with Crippen LogP contribution in [0.1, 0.15) is 53.4 Å². The molecule has 0 aliphatic heterocycles. The lowest BCUT2D eigenvalue weighted by Gasteiger charge is -2.50. The molecular formula is C24H31NOSi. The Bertz CT molecular complexity index is 751. The Morgan fingerprint density at radius 2 is 1.48 bits per heavy atom. The smallest absolute Gasteiger partial charge is 0.263 e. The van der Waals surface area contributed by atoms with Gasteiger partial charge >= 0.3 is 0 Å². The summed E-state index contributed by atoms with van der Waals surface area (Å²) in [5.41, 5.74) is -0.705. The molecule has 2 aromatic carbocycles. The summed E-state index contributed by atoms with van der Waals surface area (Å²) in [6, 6.07) is 23.9. The van der Waals surface area contributed by atoms with Crippen molar-refractivity contribution < 1.29 is 4.43 Å². The van der Waals surface area contributed by atoms with Gasteiger partial charge in [0.1, 0.15) is 5.60 Å². The molecule has 0 bridgehead atoms. The standard InChI is InChI=1S/C24H31NOSi/c1-20-13-11-12-18-24(20,19-25)26-27(23(2,3)4,21-14-7-5-8-15-21)22-16-9-6-10-17-22/h5-10,14-17,20H,11-13,18H2,1-4H3/t20-,24-/m1/s1. The van der Waals surface area contributed by atoms with E-state index in [0.29, 0.717) is 0 Å². The minimum atomic E-state index is -2.69. The molecule has 2 aromatic rings. The molecule has 142 valence electrons. The number of nitriles is 1. The molecule has 27 heavy (non-hydrogen) atoms. The molecule has 0 aromatic heterocycles. The Hall–Kier alpha value is -1.89. The molecule has 0 spiro atoms. The van der Waals surface area contributed by atoms with Gasteiger partial charge in [0.15, 0.2) is 0 Å². The van der Waals surface area contributed by atoms with E-state index in [1.54, 1.807) is 0 Å². The average molecular weight is 378 g/mol. The molecule has 0 radical (unpaired) electrons. The van der Waals surface area contributed by atoms with Crippen molar-refractivity contribution in [1.29, 1.82) is 5.26 Å². The van der Waals surface area contributed by atoms with Crippen molar-refractivity contribution in [3.05, 3.63) is 60.7 Å². The Labute approximate surface area is 165 Å². The molecule has 3 rings (SSSR count). The van der Waals surface area contributed by atoms with Gasteiger partial charge in [0.25, 0.3) is 8.32 Å². The molecule has 0 unspecified atom stereocenters. The molecule has 2 atom stereocenters. The van der Waals surface area contributed by atoms with Crippen LogP contribution < -0.4 is 10.4 Å². The van der Waals surface area contributed by atoms with Crippen LogP contribution in [-0.2, 0) is 4.43 Å². The summed E-state index contributed by atoms with van der Waals surface area (Å²) < 4.78 is 7.24. The summed E-state index contributed by atoms with van der Waals surface area (Å²) in [5, 5.41) is 12.7. The average Bonchev–Trinajstić information content (AvgIpc) is 2.68. The Morgan fingerprint density at radius 3 is 1.89 bits per heavy atom. The van der Waals surface area contributed by atoms with Gasteiger partial charge in [-0.2, -0.15) is 5.26 Å². The third-order valence-corrected chi connectivity index (χ3v) is 11.2. The van der Waals surface area contributed by atoms with Crippen LogP contribution in [0.4, 0.5) is 0 Å². The lowest BCUT2D eigenvalue weighted by molar-refractivity contribution is 0.0257. The molecule has 1 saturated carbocycles. The maximum Gasteiger partial charge on any atom is 0.263 e. The number of hydrogen-bond donors (Lipinski definition) is 0. The molecular weight excluding hydrogens is 346 g/mol. The van der Waals surface area contributed by atoms with Crippen LogP contribution in [0, 0.1) is 17.2 Å². The molecule has 0 N–H and O–H groups in total. The van der Waals surface area contributed by atoms with Crippen molar-refractivity contribution in [3.8, 4) is 6.07 Å². The largest absolute Gasteiger partial charge is 0.389 e. The summed E-state index contributed by atoms with van der Waals surface area (Å²) in [6.07, 6.45) is 4.14. The van der Waals surface area contributed by atoms with Gasteiger partial charge in [0, 0.05) is 0 Å². The van der Waals surface area contributed by atoms with Crippen LogP contribution in [0.3, 0.4) is 0 Å². The first-order valence-electron chi connectivity index (χ1n) is 10.1. The highest BCUT2D eigenvalue weighted by Crippen LogP contribution is 2.44. The minimum absolute atomic E-state index is 0.100. The van der Waals surface area contributed by atoms with Crippen LogP contribution in [-0.4, -0.2) is 13.9 Å². The topological polar surface area (TPSA) is 33.0 Å². The maximum atomic E-state index is 10.3. The third kappa shape index (κ3) is 3.49. The molecule has 1 fully saturated rings. The fraction of sp³-hybridized carbons (Fsp3) is 0.458. The van der Waals surface area contributed by atoms with Crippen molar-refractivity contribution in [2.24, 2.45) is 5.92 Å². The number of benzene rings is 2. The first kappa shape index (κ1) is 19.9. The Morgan fingerprint density at radius 1 is 0.963 bits per heavy atom. The Balaban J connectivity index is 2.26. The van der Waals surface area contributed by atoms with Gasteiger partial charge in [-0.25, -0.2) is 0 Å². The SMILES string of the molecule is C[C@@H]1CCCC[C@]1(C#N)O[Si](c1ccccc1)(c1ccccc1)C(C)(C)C. The normalized spacial score (nSPS) is 23.6. The maximum absolute atomic E-state index is 10.3. The highest BCUT2D eigenvalue weighted by molar-refractivity contribution is 6.99. The number of hydrogen-bond acceptors (Lipinski definition) is 2. The van der Waals surface area contributed by atoms with Gasteiger partial charge in [-0.1, -0.05) is 94.8 Å². The van der Waals surface area contributed by atoms with E-state index < -0.39 is 13.9 Å². The summed E-state index contributed by atoms with van der Waals surface area (Å²) in [6.45, 7) is 9.02. The number of rotatable bonds is 4. The zero-order valence-electron chi connectivity index (χ0n) is 17.0. The molecule has 2 nitrogen and oxygen atoms in total. The van der Waals surface area contributed by atoms with Gasteiger partial charge in [-0.05, 0) is 40.6 Å². The highest BCUT2D eigenvalue weighted by Gasteiger charge is 2.56. The number of nitrogens with zero attached hydrogens (tertiary/aromatic N) is 1. The zero-order chi connectivity index (χ0) is 19.5. The fourth-order valence-electron chi connectivity index (χ4n) is 4.58. The van der Waals surface area contributed by atoms with E-state index in [2.05, 4.69) is 94.4 Å². The first-order chi connectivity index (χ1) is 12.9. The molecule has 0 amide bonds. The van der Waals surface area contributed by atoms with Crippen LogP contribution in [0.25, 0.3) is 0 Å². The minimum Gasteiger partial charge on any atom is -0.389 e. The summed E-state index contributed by atoms with van der Waals surface area (Å²) in [4.78, 5) is 0.